The number of amidine groups is 1. The third-order valence-electron chi connectivity index (χ3n) is 4.00. The van der Waals surface area contributed by atoms with Crippen LogP contribution >= 0.6 is 11.8 Å². The van der Waals surface area contributed by atoms with Gasteiger partial charge in [-0.2, -0.15) is 0 Å². The van der Waals surface area contributed by atoms with Crippen LogP contribution in [0.2, 0.25) is 0 Å². The summed E-state index contributed by atoms with van der Waals surface area (Å²) in [7, 11) is 1.61. The van der Waals surface area contributed by atoms with Crippen LogP contribution in [-0.2, 0) is 4.79 Å². The standard InChI is InChI=1S/C19H16N2O4S/c1-11-7-15-16(25-10-24-15)8-12(11)9-17-18(22)21-19(26-17)20-13-3-5-14(23-2)6-4-13/h3-9H,10H2,1-2H3,(H,20,21,22)/b17-9+. The van der Waals surface area contributed by atoms with E-state index in [1.54, 1.807) is 7.11 Å². The maximum absolute atomic E-state index is 12.3. The van der Waals surface area contributed by atoms with Gasteiger partial charge in [0.25, 0.3) is 5.91 Å². The molecule has 0 bridgehead atoms. The quantitative estimate of drug-likeness (QED) is 0.838. The van der Waals surface area contributed by atoms with Gasteiger partial charge < -0.3 is 19.5 Å². The van der Waals surface area contributed by atoms with E-state index in [1.807, 2.05) is 49.4 Å². The van der Waals surface area contributed by atoms with Crippen molar-refractivity contribution in [3.05, 3.63) is 52.4 Å². The zero-order chi connectivity index (χ0) is 18.1. The number of rotatable bonds is 3. The molecule has 0 aliphatic carbocycles. The molecule has 2 aliphatic heterocycles. The smallest absolute Gasteiger partial charge is 0.264 e. The van der Waals surface area contributed by atoms with Gasteiger partial charge in [-0.05, 0) is 72.3 Å². The van der Waals surface area contributed by atoms with Crippen LogP contribution in [0.15, 0.2) is 46.3 Å². The van der Waals surface area contributed by atoms with Crippen molar-refractivity contribution in [2.75, 3.05) is 13.9 Å². The Bertz CT molecular complexity index is 935. The summed E-state index contributed by atoms with van der Waals surface area (Å²) < 4.78 is 15.9. The molecule has 7 heteroatoms. The molecule has 2 aliphatic rings. The van der Waals surface area contributed by atoms with Crippen molar-refractivity contribution in [3.63, 3.8) is 0 Å². The minimum Gasteiger partial charge on any atom is -0.497 e. The Kier molecular flexibility index (Phi) is 4.30. The summed E-state index contributed by atoms with van der Waals surface area (Å²) in [5.41, 5.74) is 2.67. The molecule has 2 heterocycles. The van der Waals surface area contributed by atoms with Crippen LogP contribution in [-0.4, -0.2) is 25.0 Å². The molecule has 0 spiro atoms. The Balaban J connectivity index is 1.58. The Morgan fingerprint density at radius 1 is 1.19 bits per heavy atom. The summed E-state index contributed by atoms with van der Waals surface area (Å²) in [6.07, 6.45) is 1.84. The van der Waals surface area contributed by atoms with Gasteiger partial charge in [-0.3, -0.25) is 4.79 Å². The second-order valence-corrected chi connectivity index (χ2v) is 6.77. The van der Waals surface area contributed by atoms with Gasteiger partial charge in [0.2, 0.25) is 6.79 Å². The molecule has 0 saturated carbocycles. The molecule has 1 N–H and O–H groups in total. The number of methoxy groups -OCH3 is 1. The summed E-state index contributed by atoms with van der Waals surface area (Å²) in [6, 6.07) is 11.1. The van der Waals surface area contributed by atoms with Gasteiger partial charge in [-0.1, -0.05) is 0 Å². The van der Waals surface area contributed by atoms with Crippen LogP contribution in [0.4, 0.5) is 5.69 Å². The fourth-order valence-corrected chi connectivity index (χ4v) is 3.44. The van der Waals surface area contributed by atoms with E-state index in [1.165, 1.54) is 11.8 Å². The normalized spacial score (nSPS) is 18.5. The lowest BCUT2D eigenvalue weighted by atomic mass is 10.1. The number of carbonyl (C=O) groups is 1. The molecular formula is C19H16N2O4S. The molecule has 2 aromatic rings. The fraction of sp³-hybridized carbons (Fsp3) is 0.158. The van der Waals surface area contributed by atoms with E-state index in [0.29, 0.717) is 15.8 Å². The molecule has 0 aromatic heterocycles. The van der Waals surface area contributed by atoms with Gasteiger partial charge in [0.1, 0.15) is 5.75 Å². The number of amides is 1. The zero-order valence-corrected chi connectivity index (χ0v) is 15.1. The number of fused-ring (bicyclic) bond motifs is 1. The minimum atomic E-state index is -0.167. The highest BCUT2D eigenvalue weighted by atomic mass is 32.2. The Morgan fingerprint density at radius 2 is 1.92 bits per heavy atom. The maximum Gasteiger partial charge on any atom is 0.264 e. The first-order valence-corrected chi connectivity index (χ1v) is 8.78. The van der Waals surface area contributed by atoms with Gasteiger partial charge in [-0.25, -0.2) is 4.99 Å². The number of benzene rings is 2. The summed E-state index contributed by atoms with van der Waals surface area (Å²) in [5.74, 6) is 2.02. The third-order valence-corrected chi connectivity index (χ3v) is 4.91. The molecule has 1 amide bonds. The number of hydrogen-bond donors (Lipinski definition) is 1. The lowest BCUT2D eigenvalue weighted by Crippen LogP contribution is -2.19. The van der Waals surface area contributed by atoms with E-state index in [-0.39, 0.29) is 12.7 Å². The number of aryl methyl sites for hydroxylation is 1. The van der Waals surface area contributed by atoms with E-state index < -0.39 is 0 Å². The first-order chi connectivity index (χ1) is 12.6. The van der Waals surface area contributed by atoms with Crippen molar-refractivity contribution in [1.82, 2.24) is 5.32 Å². The highest BCUT2D eigenvalue weighted by Crippen LogP contribution is 2.36. The van der Waals surface area contributed by atoms with Gasteiger partial charge in [0.15, 0.2) is 16.7 Å². The lowest BCUT2D eigenvalue weighted by Gasteiger charge is -2.03. The predicted octanol–water partition coefficient (Wildman–Crippen LogP) is 3.62. The summed E-state index contributed by atoms with van der Waals surface area (Å²) in [5, 5.41) is 3.34. The number of carbonyl (C=O) groups excluding carboxylic acids is 1. The van der Waals surface area contributed by atoms with Crippen LogP contribution in [0.25, 0.3) is 6.08 Å². The third kappa shape index (κ3) is 3.25. The summed E-state index contributed by atoms with van der Waals surface area (Å²) >= 11 is 1.31. The van der Waals surface area contributed by atoms with Crippen LogP contribution in [0.5, 0.6) is 17.2 Å². The monoisotopic (exact) mass is 368 g/mol. The minimum absolute atomic E-state index is 0.167. The van der Waals surface area contributed by atoms with Crippen molar-refractivity contribution in [2.24, 2.45) is 4.99 Å². The van der Waals surface area contributed by atoms with Gasteiger partial charge in [0, 0.05) is 0 Å². The molecule has 26 heavy (non-hydrogen) atoms. The average Bonchev–Trinajstić information content (AvgIpc) is 3.22. The molecular weight excluding hydrogens is 352 g/mol. The molecule has 0 unspecified atom stereocenters. The van der Waals surface area contributed by atoms with Crippen molar-refractivity contribution in [1.29, 1.82) is 0 Å². The fourth-order valence-electron chi connectivity index (χ4n) is 2.61. The highest BCUT2D eigenvalue weighted by molar-refractivity contribution is 8.18. The SMILES string of the molecule is COc1ccc(N=C2NC(=O)/C(=C\c3cc4c(cc3C)OCO4)S2)cc1. The van der Waals surface area contributed by atoms with Crippen LogP contribution in [0.3, 0.4) is 0 Å². The predicted molar refractivity (Wildman–Crippen MR) is 101 cm³/mol. The number of nitrogens with one attached hydrogen (secondary N) is 1. The van der Waals surface area contributed by atoms with Crippen LogP contribution in [0, 0.1) is 6.92 Å². The molecule has 1 saturated heterocycles. The summed E-state index contributed by atoms with van der Waals surface area (Å²) in [4.78, 5) is 17.3. The molecule has 1 fully saturated rings. The second kappa shape index (κ2) is 6.76. The maximum atomic E-state index is 12.3. The Labute approximate surface area is 154 Å². The van der Waals surface area contributed by atoms with E-state index in [4.69, 9.17) is 14.2 Å². The molecule has 4 rings (SSSR count). The van der Waals surface area contributed by atoms with E-state index in [9.17, 15) is 4.79 Å². The number of thioether (sulfide) groups is 1. The first-order valence-electron chi connectivity index (χ1n) is 7.96. The van der Waals surface area contributed by atoms with E-state index in [2.05, 4.69) is 10.3 Å². The van der Waals surface area contributed by atoms with Crippen LogP contribution in [0.1, 0.15) is 11.1 Å². The van der Waals surface area contributed by atoms with Crippen molar-refractivity contribution < 1.29 is 19.0 Å². The summed E-state index contributed by atoms with van der Waals surface area (Å²) in [6.45, 7) is 2.20. The molecule has 6 nitrogen and oxygen atoms in total. The van der Waals surface area contributed by atoms with Crippen molar-refractivity contribution >= 4 is 34.6 Å². The lowest BCUT2D eigenvalue weighted by molar-refractivity contribution is -0.115. The highest BCUT2D eigenvalue weighted by Gasteiger charge is 2.24. The van der Waals surface area contributed by atoms with Crippen molar-refractivity contribution in [3.8, 4) is 17.2 Å². The Hall–Kier alpha value is -2.93. The van der Waals surface area contributed by atoms with Gasteiger partial charge >= 0.3 is 0 Å². The topological polar surface area (TPSA) is 69.2 Å². The molecule has 0 atom stereocenters. The number of nitrogens with zero attached hydrogens (tertiary/aromatic N) is 1. The van der Waals surface area contributed by atoms with E-state index in [0.717, 1.165) is 28.3 Å². The van der Waals surface area contributed by atoms with Gasteiger partial charge in [0.05, 0.1) is 17.7 Å². The largest absolute Gasteiger partial charge is 0.497 e. The molecule has 2 aromatic carbocycles. The average molecular weight is 368 g/mol. The number of aliphatic imine (C=N–C) groups is 1. The second-order valence-electron chi connectivity index (χ2n) is 5.74. The molecule has 132 valence electrons. The first kappa shape index (κ1) is 16.5. The molecule has 0 radical (unpaired) electrons. The van der Waals surface area contributed by atoms with Crippen molar-refractivity contribution in [2.45, 2.75) is 6.92 Å². The zero-order valence-electron chi connectivity index (χ0n) is 14.2. The number of hydrogen-bond acceptors (Lipinski definition) is 6. The van der Waals surface area contributed by atoms with Crippen LogP contribution < -0.4 is 19.5 Å². The van der Waals surface area contributed by atoms with E-state index >= 15 is 0 Å². The Morgan fingerprint density at radius 3 is 2.65 bits per heavy atom. The van der Waals surface area contributed by atoms with Gasteiger partial charge in [-0.15, -0.1) is 0 Å². The number of ether oxygens (including phenoxy) is 3.